The molecule has 1 saturated heterocycles. The molecule has 0 amide bonds. The van der Waals surface area contributed by atoms with Gasteiger partial charge in [-0.1, -0.05) is 24.9 Å². The molecular weight excluding hydrogens is 232 g/mol. The van der Waals surface area contributed by atoms with Gasteiger partial charge in [-0.05, 0) is 49.1 Å². The standard InChI is InChI=1S/C14H21ClN2/c1-2-3-11-6-7-17(9-11)10-12-8-13(15)4-5-14(12)16/h4-5,8,11H,2-3,6-7,9-10,16H2,1H3. The molecule has 0 radical (unpaired) electrons. The zero-order valence-corrected chi connectivity index (χ0v) is 11.2. The molecule has 0 aliphatic carbocycles. The summed E-state index contributed by atoms with van der Waals surface area (Å²) >= 11 is 6.01. The minimum absolute atomic E-state index is 0.776. The number of nitrogens with two attached hydrogens (primary N) is 1. The lowest BCUT2D eigenvalue weighted by Crippen LogP contribution is -2.20. The van der Waals surface area contributed by atoms with Gasteiger partial charge in [-0.15, -0.1) is 0 Å². The number of hydrogen-bond acceptors (Lipinski definition) is 2. The first-order chi connectivity index (χ1) is 8.19. The molecule has 1 unspecified atom stereocenters. The second kappa shape index (κ2) is 5.74. The Bertz CT molecular complexity index is 378. The highest BCUT2D eigenvalue weighted by Crippen LogP contribution is 2.25. The minimum atomic E-state index is 0.776. The van der Waals surface area contributed by atoms with E-state index < -0.39 is 0 Å². The van der Waals surface area contributed by atoms with Crippen LogP contribution in [0.2, 0.25) is 5.02 Å². The maximum atomic E-state index is 6.01. The highest BCUT2D eigenvalue weighted by molar-refractivity contribution is 6.30. The molecule has 2 rings (SSSR count). The van der Waals surface area contributed by atoms with E-state index in [2.05, 4.69) is 11.8 Å². The second-order valence-electron chi connectivity index (χ2n) is 5.02. The third-order valence-electron chi connectivity index (χ3n) is 3.57. The third-order valence-corrected chi connectivity index (χ3v) is 3.80. The topological polar surface area (TPSA) is 29.3 Å². The van der Waals surface area contributed by atoms with Gasteiger partial charge in [-0.2, -0.15) is 0 Å². The van der Waals surface area contributed by atoms with Gasteiger partial charge >= 0.3 is 0 Å². The summed E-state index contributed by atoms with van der Waals surface area (Å²) in [5.74, 6) is 0.875. The molecule has 1 atom stereocenters. The Morgan fingerprint density at radius 2 is 2.29 bits per heavy atom. The number of benzene rings is 1. The maximum Gasteiger partial charge on any atom is 0.0410 e. The molecule has 3 heteroatoms. The molecule has 2 nitrogen and oxygen atoms in total. The lowest BCUT2D eigenvalue weighted by Gasteiger charge is -2.17. The molecule has 1 aromatic carbocycles. The molecule has 1 aliphatic heterocycles. The molecule has 94 valence electrons. The van der Waals surface area contributed by atoms with Gasteiger partial charge < -0.3 is 5.73 Å². The van der Waals surface area contributed by atoms with E-state index in [4.69, 9.17) is 17.3 Å². The predicted octanol–water partition coefficient (Wildman–Crippen LogP) is 3.54. The normalized spacial score (nSPS) is 20.9. The quantitative estimate of drug-likeness (QED) is 0.831. The van der Waals surface area contributed by atoms with Crippen molar-refractivity contribution in [1.29, 1.82) is 0 Å². The number of halogens is 1. The Labute approximate surface area is 109 Å². The first kappa shape index (κ1) is 12.7. The van der Waals surface area contributed by atoms with Crippen LogP contribution in [-0.2, 0) is 6.54 Å². The van der Waals surface area contributed by atoms with Crippen molar-refractivity contribution in [3.8, 4) is 0 Å². The second-order valence-corrected chi connectivity index (χ2v) is 5.46. The Kier molecular flexibility index (Phi) is 4.30. The first-order valence-corrected chi connectivity index (χ1v) is 6.83. The predicted molar refractivity (Wildman–Crippen MR) is 74.2 cm³/mol. The van der Waals surface area contributed by atoms with Crippen LogP contribution < -0.4 is 5.73 Å². The Morgan fingerprint density at radius 1 is 1.47 bits per heavy atom. The van der Waals surface area contributed by atoms with Crippen molar-refractivity contribution in [3.63, 3.8) is 0 Å². The number of nitrogen functional groups attached to an aromatic ring is 1. The molecule has 1 heterocycles. The fourth-order valence-corrected chi connectivity index (χ4v) is 2.85. The van der Waals surface area contributed by atoms with E-state index in [9.17, 15) is 0 Å². The van der Waals surface area contributed by atoms with Gasteiger partial charge in [0.15, 0.2) is 0 Å². The molecule has 1 aliphatic rings. The van der Waals surface area contributed by atoms with Crippen molar-refractivity contribution in [3.05, 3.63) is 28.8 Å². The molecule has 2 N–H and O–H groups in total. The van der Waals surface area contributed by atoms with Crippen LogP contribution in [0.4, 0.5) is 5.69 Å². The molecule has 0 bridgehead atoms. The number of likely N-dealkylation sites (tertiary alicyclic amines) is 1. The van der Waals surface area contributed by atoms with Crippen molar-refractivity contribution in [2.75, 3.05) is 18.8 Å². The highest BCUT2D eigenvalue weighted by atomic mass is 35.5. The van der Waals surface area contributed by atoms with E-state index >= 15 is 0 Å². The van der Waals surface area contributed by atoms with E-state index in [1.54, 1.807) is 0 Å². The van der Waals surface area contributed by atoms with E-state index in [0.29, 0.717) is 0 Å². The summed E-state index contributed by atoms with van der Waals surface area (Å²) in [6.45, 7) is 5.60. The molecule has 1 aromatic rings. The third kappa shape index (κ3) is 3.36. The number of rotatable bonds is 4. The van der Waals surface area contributed by atoms with Gasteiger partial charge in [0.05, 0.1) is 0 Å². The molecule has 0 aromatic heterocycles. The smallest absolute Gasteiger partial charge is 0.0410 e. The summed E-state index contributed by atoms with van der Waals surface area (Å²) in [6, 6.07) is 5.74. The summed E-state index contributed by atoms with van der Waals surface area (Å²) in [4.78, 5) is 2.49. The summed E-state index contributed by atoms with van der Waals surface area (Å²) < 4.78 is 0. The van der Waals surface area contributed by atoms with Crippen LogP contribution in [0.5, 0.6) is 0 Å². The van der Waals surface area contributed by atoms with E-state index in [1.807, 2.05) is 18.2 Å². The van der Waals surface area contributed by atoms with Gasteiger partial charge in [0, 0.05) is 23.8 Å². The molecule has 1 fully saturated rings. The van der Waals surface area contributed by atoms with Crippen molar-refractivity contribution in [1.82, 2.24) is 4.90 Å². The summed E-state index contributed by atoms with van der Waals surface area (Å²) in [5, 5.41) is 0.776. The maximum absolute atomic E-state index is 6.01. The monoisotopic (exact) mass is 252 g/mol. The minimum Gasteiger partial charge on any atom is -0.398 e. The number of hydrogen-bond donors (Lipinski definition) is 1. The van der Waals surface area contributed by atoms with Crippen LogP contribution >= 0.6 is 11.6 Å². The van der Waals surface area contributed by atoms with Crippen LogP contribution in [0.3, 0.4) is 0 Å². The van der Waals surface area contributed by atoms with Crippen LogP contribution in [0.25, 0.3) is 0 Å². The van der Waals surface area contributed by atoms with Crippen LogP contribution in [-0.4, -0.2) is 18.0 Å². The van der Waals surface area contributed by atoms with Crippen molar-refractivity contribution < 1.29 is 0 Å². The van der Waals surface area contributed by atoms with Crippen LogP contribution in [0.15, 0.2) is 18.2 Å². The van der Waals surface area contributed by atoms with Crippen LogP contribution in [0, 0.1) is 5.92 Å². The Balaban J connectivity index is 1.95. The SMILES string of the molecule is CCCC1CCN(Cc2cc(Cl)ccc2N)C1. The van der Waals surface area contributed by atoms with E-state index in [1.165, 1.54) is 32.4 Å². The van der Waals surface area contributed by atoms with Crippen molar-refractivity contribution in [2.45, 2.75) is 32.7 Å². The number of anilines is 1. The average Bonchev–Trinajstić information content (AvgIpc) is 2.72. The molecule has 0 saturated carbocycles. The van der Waals surface area contributed by atoms with Crippen molar-refractivity contribution in [2.24, 2.45) is 5.92 Å². The van der Waals surface area contributed by atoms with Gasteiger partial charge in [-0.25, -0.2) is 0 Å². The summed E-state index contributed by atoms with van der Waals surface area (Å²) in [5.41, 5.74) is 7.99. The molecular formula is C14H21ClN2. The lowest BCUT2D eigenvalue weighted by atomic mass is 10.0. The summed E-state index contributed by atoms with van der Waals surface area (Å²) in [7, 11) is 0. The van der Waals surface area contributed by atoms with E-state index in [-0.39, 0.29) is 0 Å². The summed E-state index contributed by atoms with van der Waals surface area (Å²) in [6.07, 6.45) is 3.97. The lowest BCUT2D eigenvalue weighted by molar-refractivity contribution is 0.313. The van der Waals surface area contributed by atoms with Crippen molar-refractivity contribution >= 4 is 17.3 Å². The number of nitrogens with zero attached hydrogens (tertiary/aromatic N) is 1. The fourth-order valence-electron chi connectivity index (χ4n) is 2.65. The average molecular weight is 253 g/mol. The Morgan fingerprint density at radius 3 is 3.06 bits per heavy atom. The molecule has 0 spiro atoms. The van der Waals surface area contributed by atoms with Gasteiger partial charge in [0.1, 0.15) is 0 Å². The van der Waals surface area contributed by atoms with E-state index in [0.717, 1.165) is 28.7 Å². The fraction of sp³-hybridized carbons (Fsp3) is 0.571. The van der Waals surface area contributed by atoms with Gasteiger partial charge in [0.2, 0.25) is 0 Å². The first-order valence-electron chi connectivity index (χ1n) is 6.45. The largest absolute Gasteiger partial charge is 0.398 e. The Hall–Kier alpha value is -0.730. The zero-order chi connectivity index (χ0) is 12.3. The van der Waals surface area contributed by atoms with Gasteiger partial charge in [0.25, 0.3) is 0 Å². The molecule has 17 heavy (non-hydrogen) atoms. The van der Waals surface area contributed by atoms with Gasteiger partial charge in [-0.3, -0.25) is 4.90 Å². The van der Waals surface area contributed by atoms with Crippen LogP contribution in [0.1, 0.15) is 31.7 Å². The highest BCUT2D eigenvalue weighted by Gasteiger charge is 2.21. The zero-order valence-electron chi connectivity index (χ0n) is 10.5.